The average molecular weight is 332 g/mol. The van der Waals surface area contributed by atoms with Crippen LogP contribution < -0.4 is 5.32 Å². The number of urea groups is 1. The second kappa shape index (κ2) is 8.18. The third-order valence-electron chi connectivity index (χ3n) is 5.04. The minimum Gasteiger partial charge on any atom is -0.481 e. The van der Waals surface area contributed by atoms with Gasteiger partial charge in [-0.05, 0) is 51.5 Å². The Morgan fingerprint density at radius 3 is 2.33 bits per heavy atom. The Kier molecular flexibility index (Phi) is 6.23. The molecule has 1 aliphatic carbocycles. The number of rotatable bonds is 5. The van der Waals surface area contributed by atoms with E-state index in [2.05, 4.69) is 36.5 Å². The largest absolute Gasteiger partial charge is 0.481 e. The number of carboxylic acids is 1. The van der Waals surface area contributed by atoms with Crippen molar-refractivity contribution < 1.29 is 14.7 Å². The van der Waals surface area contributed by atoms with Crippen LogP contribution >= 0.6 is 0 Å². The maximum atomic E-state index is 12.4. The van der Waals surface area contributed by atoms with Crippen LogP contribution in [0.2, 0.25) is 0 Å². The number of likely N-dealkylation sites (N-methyl/N-ethyl adjacent to an activating group) is 1. The number of amides is 2. The highest BCUT2D eigenvalue weighted by atomic mass is 16.4. The summed E-state index contributed by atoms with van der Waals surface area (Å²) in [4.78, 5) is 25.1. The molecule has 132 valence electrons. The zero-order valence-electron chi connectivity index (χ0n) is 14.8. The minimum absolute atomic E-state index is 0.0756. The molecule has 5 nitrogen and oxygen atoms in total. The molecule has 5 heteroatoms. The van der Waals surface area contributed by atoms with Crippen molar-refractivity contribution in [2.75, 3.05) is 7.05 Å². The van der Waals surface area contributed by atoms with E-state index in [9.17, 15) is 9.59 Å². The number of nitrogens with zero attached hydrogens (tertiary/aromatic N) is 1. The number of hydrogen-bond acceptors (Lipinski definition) is 2. The van der Waals surface area contributed by atoms with Crippen LogP contribution in [0.25, 0.3) is 0 Å². The fourth-order valence-electron chi connectivity index (χ4n) is 3.16. The van der Waals surface area contributed by atoms with Gasteiger partial charge >= 0.3 is 12.0 Å². The van der Waals surface area contributed by atoms with E-state index in [-0.39, 0.29) is 24.0 Å². The van der Waals surface area contributed by atoms with Crippen molar-refractivity contribution in [2.24, 2.45) is 5.92 Å². The van der Waals surface area contributed by atoms with Crippen LogP contribution in [0, 0.1) is 12.8 Å². The third kappa shape index (κ3) is 4.98. The topological polar surface area (TPSA) is 69.6 Å². The summed E-state index contributed by atoms with van der Waals surface area (Å²) in [5.74, 6) is -0.972. The number of aliphatic carboxylic acids is 1. The Labute approximate surface area is 144 Å². The molecule has 1 aromatic carbocycles. The standard InChI is InChI=1S/C19H28N2O3/c1-13-4-6-15(7-5-13)12-14(2)21(3)19(24)20-17-10-8-16(9-11-17)18(22)23/h4-7,14,16-17H,8-12H2,1-3H3,(H,20,24)(H,22,23). The lowest BCUT2D eigenvalue weighted by Crippen LogP contribution is -2.48. The third-order valence-corrected chi connectivity index (χ3v) is 5.04. The van der Waals surface area contributed by atoms with Crippen LogP contribution in [0.5, 0.6) is 0 Å². The fraction of sp³-hybridized carbons (Fsp3) is 0.579. The van der Waals surface area contributed by atoms with Crippen molar-refractivity contribution in [1.82, 2.24) is 10.2 Å². The van der Waals surface area contributed by atoms with Gasteiger partial charge in [-0.15, -0.1) is 0 Å². The van der Waals surface area contributed by atoms with E-state index in [1.54, 1.807) is 4.90 Å². The van der Waals surface area contributed by atoms with Crippen molar-refractivity contribution in [3.8, 4) is 0 Å². The molecular formula is C19H28N2O3. The molecule has 1 fully saturated rings. The average Bonchev–Trinajstić information content (AvgIpc) is 2.56. The van der Waals surface area contributed by atoms with Crippen molar-refractivity contribution in [3.05, 3.63) is 35.4 Å². The molecule has 1 unspecified atom stereocenters. The maximum absolute atomic E-state index is 12.4. The van der Waals surface area contributed by atoms with E-state index in [0.29, 0.717) is 12.8 Å². The van der Waals surface area contributed by atoms with E-state index in [4.69, 9.17) is 5.11 Å². The van der Waals surface area contributed by atoms with Crippen LogP contribution in [0.3, 0.4) is 0 Å². The zero-order chi connectivity index (χ0) is 17.7. The highest BCUT2D eigenvalue weighted by molar-refractivity contribution is 5.74. The van der Waals surface area contributed by atoms with E-state index in [1.165, 1.54) is 11.1 Å². The lowest BCUT2D eigenvalue weighted by molar-refractivity contribution is -0.142. The summed E-state index contributed by atoms with van der Waals surface area (Å²) in [6.07, 6.45) is 3.58. The van der Waals surface area contributed by atoms with Crippen molar-refractivity contribution >= 4 is 12.0 Å². The van der Waals surface area contributed by atoms with Gasteiger partial charge in [-0.25, -0.2) is 4.79 Å². The quantitative estimate of drug-likeness (QED) is 0.870. The Morgan fingerprint density at radius 1 is 1.21 bits per heavy atom. The molecule has 2 N–H and O–H groups in total. The number of aryl methyl sites for hydroxylation is 1. The number of carboxylic acid groups (broad SMARTS) is 1. The van der Waals surface area contributed by atoms with Crippen LogP contribution in [-0.2, 0) is 11.2 Å². The minimum atomic E-state index is -0.719. The van der Waals surface area contributed by atoms with Gasteiger partial charge in [-0.1, -0.05) is 29.8 Å². The van der Waals surface area contributed by atoms with E-state index >= 15 is 0 Å². The number of benzene rings is 1. The summed E-state index contributed by atoms with van der Waals surface area (Å²) >= 11 is 0. The van der Waals surface area contributed by atoms with Gasteiger partial charge in [0, 0.05) is 19.1 Å². The van der Waals surface area contributed by atoms with Crippen molar-refractivity contribution in [1.29, 1.82) is 0 Å². The summed E-state index contributed by atoms with van der Waals surface area (Å²) in [5.41, 5.74) is 2.45. The number of nitrogens with one attached hydrogen (secondary N) is 1. The molecule has 0 aromatic heterocycles. The molecule has 2 amide bonds. The predicted octanol–water partition coefficient (Wildman–Crippen LogP) is 3.21. The van der Waals surface area contributed by atoms with Gasteiger partial charge in [-0.2, -0.15) is 0 Å². The zero-order valence-corrected chi connectivity index (χ0v) is 14.8. The van der Waals surface area contributed by atoms with E-state index < -0.39 is 5.97 Å². The lowest BCUT2D eigenvalue weighted by Gasteiger charge is -2.31. The molecule has 0 heterocycles. The first kappa shape index (κ1) is 18.3. The molecule has 1 atom stereocenters. The first-order valence-corrected chi connectivity index (χ1v) is 8.68. The SMILES string of the molecule is Cc1ccc(CC(C)N(C)C(=O)NC2CCC(C(=O)O)CC2)cc1. The smallest absolute Gasteiger partial charge is 0.317 e. The van der Waals surface area contributed by atoms with Gasteiger partial charge in [-0.3, -0.25) is 4.79 Å². The van der Waals surface area contributed by atoms with Gasteiger partial charge in [0.25, 0.3) is 0 Å². The number of hydrogen-bond donors (Lipinski definition) is 2. The van der Waals surface area contributed by atoms with Crippen LogP contribution in [-0.4, -0.2) is 41.1 Å². The molecule has 0 saturated heterocycles. The van der Waals surface area contributed by atoms with Crippen LogP contribution in [0.1, 0.15) is 43.7 Å². The Bertz CT molecular complexity index is 562. The monoisotopic (exact) mass is 332 g/mol. The number of carbonyl (C=O) groups excluding carboxylic acids is 1. The molecule has 0 spiro atoms. The lowest BCUT2D eigenvalue weighted by atomic mass is 9.86. The fourth-order valence-corrected chi connectivity index (χ4v) is 3.16. The second-order valence-electron chi connectivity index (χ2n) is 6.99. The highest BCUT2D eigenvalue weighted by Gasteiger charge is 2.27. The van der Waals surface area contributed by atoms with Crippen molar-refractivity contribution in [2.45, 2.75) is 58.0 Å². The Hall–Kier alpha value is -2.04. The summed E-state index contributed by atoms with van der Waals surface area (Å²) in [6, 6.07) is 8.49. The molecule has 2 rings (SSSR count). The molecule has 0 aliphatic heterocycles. The Morgan fingerprint density at radius 2 is 1.79 bits per heavy atom. The van der Waals surface area contributed by atoms with Gasteiger partial charge in [0.1, 0.15) is 0 Å². The second-order valence-corrected chi connectivity index (χ2v) is 6.99. The molecular weight excluding hydrogens is 304 g/mol. The van der Waals surface area contributed by atoms with E-state index in [0.717, 1.165) is 19.3 Å². The maximum Gasteiger partial charge on any atom is 0.317 e. The summed E-state index contributed by atoms with van der Waals surface area (Å²) < 4.78 is 0. The van der Waals surface area contributed by atoms with Gasteiger partial charge in [0.05, 0.1) is 5.92 Å². The molecule has 24 heavy (non-hydrogen) atoms. The Balaban J connectivity index is 1.81. The first-order chi connectivity index (χ1) is 11.4. The molecule has 1 aromatic rings. The normalized spacial score (nSPS) is 21.8. The summed E-state index contributed by atoms with van der Waals surface area (Å²) in [6.45, 7) is 4.10. The van der Waals surface area contributed by atoms with Gasteiger partial charge < -0.3 is 15.3 Å². The summed E-state index contributed by atoms with van der Waals surface area (Å²) in [5, 5.41) is 12.1. The van der Waals surface area contributed by atoms with Crippen LogP contribution in [0.15, 0.2) is 24.3 Å². The van der Waals surface area contributed by atoms with Gasteiger partial charge in [0.2, 0.25) is 0 Å². The van der Waals surface area contributed by atoms with E-state index in [1.807, 2.05) is 14.0 Å². The van der Waals surface area contributed by atoms with Gasteiger partial charge in [0.15, 0.2) is 0 Å². The summed E-state index contributed by atoms with van der Waals surface area (Å²) in [7, 11) is 1.82. The highest BCUT2D eigenvalue weighted by Crippen LogP contribution is 2.24. The van der Waals surface area contributed by atoms with Crippen molar-refractivity contribution in [3.63, 3.8) is 0 Å². The molecule has 1 aliphatic rings. The van der Waals surface area contributed by atoms with Crippen LogP contribution in [0.4, 0.5) is 4.79 Å². The molecule has 0 bridgehead atoms. The molecule has 0 radical (unpaired) electrons. The molecule has 1 saturated carbocycles. The predicted molar refractivity (Wildman–Crippen MR) is 94.0 cm³/mol. The number of carbonyl (C=O) groups is 2. The first-order valence-electron chi connectivity index (χ1n) is 8.68.